The van der Waals surface area contributed by atoms with Gasteiger partial charge in [0, 0.05) is 11.4 Å². The summed E-state index contributed by atoms with van der Waals surface area (Å²) in [6.07, 6.45) is 6.73. The fourth-order valence-corrected chi connectivity index (χ4v) is 1.81. The zero-order valence-corrected chi connectivity index (χ0v) is 10.2. The lowest BCUT2D eigenvalue weighted by molar-refractivity contribution is 0.728. The van der Waals surface area contributed by atoms with E-state index in [1.165, 1.54) is 11.2 Å². The van der Waals surface area contributed by atoms with Crippen LogP contribution >= 0.6 is 0 Å². The van der Waals surface area contributed by atoms with Crippen molar-refractivity contribution in [3.63, 3.8) is 0 Å². The van der Waals surface area contributed by atoms with Gasteiger partial charge in [0.05, 0.1) is 0 Å². The molecule has 0 aromatic heterocycles. The van der Waals surface area contributed by atoms with Crippen LogP contribution < -0.4 is 10.8 Å². The molecule has 0 amide bonds. The van der Waals surface area contributed by atoms with Gasteiger partial charge in [-0.1, -0.05) is 36.7 Å². The molecule has 1 unspecified atom stereocenters. The summed E-state index contributed by atoms with van der Waals surface area (Å²) in [4.78, 5) is 0. The van der Waals surface area contributed by atoms with Crippen molar-refractivity contribution in [1.82, 2.24) is 0 Å². The van der Waals surface area contributed by atoms with Gasteiger partial charge in [-0.05, 0) is 29.9 Å². The molecular weight excluding hydrogens is 192 g/mol. The van der Waals surface area contributed by atoms with Crippen molar-refractivity contribution in [3.8, 4) is 0 Å². The zero-order chi connectivity index (χ0) is 11.5. The highest BCUT2D eigenvalue weighted by molar-refractivity contribution is 6.32. The highest BCUT2D eigenvalue weighted by Gasteiger charge is 2.11. The lowest BCUT2D eigenvalue weighted by Crippen LogP contribution is -2.09. The Balaban J connectivity index is 2.08. The Morgan fingerprint density at radius 2 is 1.88 bits per heavy atom. The third-order valence-corrected chi connectivity index (χ3v) is 3.19. The number of nitrogens with one attached hydrogen (secondary N) is 1. The summed E-state index contributed by atoms with van der Waals surface area (Å²) in [6.45, 7) is 2.25. The summed E-state index contributed by atoms with van der Waals surface area (Å²) in [5.74, 6) is 1.25. The Morgan fingerprint density at radius 1 is 1.19 bits per heavy atom. The summed E-state index contributed by atoms with van der Waals surface area (Å²) in [6, 6.07) is 8.49. The van der Waals surface area contributed by atoms with Gasteiger partial charge < -0.3 is 5.32 Å². The van der Waals surface area contributed by atoms with Crippen LogP contribution in [-0.4, -0.2) is 15.7 Å². The second-order valence-electron chi connectivity index (χ2n) is 4.69. The van der Waals surface area contributed by atoms with Gasteiger partial charge in [0.15, 0.2) is 0 Å². The van der Waals surface area contributed by atoms with E-state index >= 15 is 0 Å². The molecule has 1 aliphatic carbocycles. The minimum Gasteiger partial charge on any atom is -0.356 e. The van der Waals surface area contributed by atoms with Crippen LogP contribution in [-0.2, 0) is 0 Å². The monoisotopic (exact) mass is 209 g/mol. The van der Waals surface area contributed by atoms with Gasteiger partial charge in [-0.2, -0.15) is 0 Å². The van der Waals surface area contributed by atoms with Crippen LogP contribution in [0.4, 0.5) is 5.69 Å². The predicted octanol–water partition coefficient (Wildman–Crippen LogP) is 0.868. The van der Waals surface area contributed by atoms with Crippen molar-refractivity contribution in [1.29, 1.82) is 0 Å². The summed E-state index contributed by atoms with van der Waals surface area (Å²) >= 11 is 0. The summed E-state index contributed by atoms with van der Waals surface area (Å²) < 4.78 is 0. The first-order valence-corrected chi connectivity index (χ1v) is 5.89. The third-order valence-electron chi connectivity index (χ3n) is 3.19. The van der Waals surface area contributed by atoms with Crippen molar-refractivity contribution in [2.24, 2.45) is 5.92 Å². The molecular formula is C13H17B2N. The molecule has 1 aromatic carbocycles. The second kappa shape index (κ2) is 4.65. The standard InChI is InChI=1S/C13H17B2N/c1-9-8-12(6-7-13(9)15)16-11-4-2-10(14)3-5-11/h2-9,13,16H,14-15H2,1H3/t9-,13?/m0/s1. The SMILES string of the molecule is Bc1ccc(NC2=C[C@H](C)C(B)C=C2)cc1. The Kier molecular flexibility index (Phi) is 3.23. The maximum Gasteiger partial charge on any atom is 0.139 e. The van der Waals surface area contributed by atoms with Crippen molar-refractivity contribution >= 4 is 26.8 Å². The minimum atomic E-state index is 0.609. The Bertz CT molecular complexity index is 420. The molecule has 1 nitrogen and oxygen atoms in total. The molecule has 0 bridgehead atoms. The Hall–Kier alpha value is -1.37. The van der Waals surface area contributed by atoms with Crippen LogP contribution in [0.1, 0.15) is 6.92 Å². The first-order valence-electron chi connectivity index (χ1n) is 5.89. The molecule has 0 radical (unpaired) electrons. The Morgan fingerprint density at radius 3 is 2.50 bits per heavy atom. The van der Waals surface area contributed by atoms with Gasteiger partial charge in [-0.3, -0.25) is 0 Å². The van der Waals surface area contributed by atoms with Crippen molar-refractivity contribution < 1.29 is 0 Å². The van der Waals surface area contributed by atoms with Gasteiger partial charge >= 0.3 is 0 Å². The van der Waals surface area contributed by atoms with E-state index in [0.29, 0.717) is 11.7 Å². The Labute approximate surface area is 99.5 Å². The highest BCUT2D eigenvalue weighted by atomic mass is 14.9. The number of rotatable bonds is 2. The van der Waals surface area contributed by atoms with Crippen LogP contribution in [0.25, 0.3) is 0 Å². The molecule has 2 atom stereocenters. The first kappa shape index (κ1) is 11.1. The topological polar surface area (TPSA) is 12.0 Å². The molecule has 16 heavy (non-hydrogen) atoms. The average molecular weight is 209 g/mol. The summed E-state index contributed by atoms with van der Waals surface area (Å²) in [5.41, 5.74) is 3.65. The fourth-order valence-electron chi connectivity index (χ4n) is 1.81. The van der Waals surface area contributed by atoms with Crippen LogP contribution in [0.2, 0.25) is 5.82 Å². The molecule has 1 aromatic rings. The van der Waals surface area contributed by atoms with E-state index in [0.717, 1.165) is 5.69 Å². The van der Waals surface area contributed by atoms with Crippen LogP contribution in [0, 0.1) is 5.92 Å². The molecule has 80 valence electrons. The summed E-state index contributed by atoms with van der Waals surface area (Å²) in [5, 5.41) is 3.43. The zero-order valence-electron chi connectivity index (χ0n) is 10.2. The van der Waals surface area contributed by atoms with E-state index in [4.69, 9.17) is 0 Å². The maximum absolute atomic E-state index is 3.43. The van der Waals surface area contributed by atoms with E-state index in [2.05, 4.69) is 70.4 Å². The van der Waals surface area contributed by atoms with Gasteiger partial charge in [0.25, 0.3) is 0 Å². The van der Waals surface area contributed by atoms with E-state index in [1.54, 1.807) is 0 Å². The van der Waals surface area contributed by atoms with Crippen LogP contribution in [0.15, 0.2) is 48.2 Å². The highest BCUT2D eigenvalue weighted by Crippen LogP contribution is 2.25. The number of allylic oxidation sites excluding steroid dienone is 3. The van der Waals surface area contributed by atoms with Crippen molar-refractivity contribution in [2.75, 3.05) is 5.32 Å². The molecule has 0 saturated heterocycles. The predicted molar refractivity (Wildman–Crippen MR) is 76.9 cm³/mol. The molecule has 1 N–H and O–H groups in total. The van der Waals surface area contributed by atoms with Crippen LogP contribution in [0.3, 0.4) is 0 Å². The number of benzene rings is 1. The average Bonchev–Trinajstić information content (AvgIpc) is 2.27. The molecule has 0 spiro atoms. The second-order valence-corrected chi connectivity index (χ2v) is 4.69. The minimum absolute atomic E-state index is 0.609. The van der Waals surface area contributed by atoms with Crippen molar-refractivity contribution in [3.05, 3.63) is 48.2 Å². The van der Waals surface area contributed by atoms with E-state index in [1.807, 2.05) is 0 Å². The maximum atomic E-state index is 3.43. The van der Waals surface area contributed by atoms with Gasteiger partial charge in [0.1, 0.15) is 15.7 Å². The third kappa shape index (κ3) is 2.60. The van der Waals surface area contributed by atoms with Crippen LogP contribution in [0.5, 0.6) is 0 Å². The summed E-state index contributed by atoms with van der Waals surface area (Å²) in [7, 11) is 4.35. The van der Waals surface area contributed by atoms with Gasteiger partial charge in [-0.15, -0.1) is 0 Å². The fraction of sp³-hybridized carbons (Fsp3) is 0.231. The lowest BCUT2D eigenvalue weighted by Gasteiger charge is -2.20. The molecule has 0 aliphatic heterocycles. The number of hydrogen-bond acceptors (Lipinski definition) is 1. The normalized spacial score (nSPS) is 23.9. The van der Waals surface area contributed by atoms with Gasteiger partial charge in [-0.25, -0.2) is 0 Å². The van der Waals surface area contributed by atoms with E-state index in [9.17, 15) is 0 Å². The van der Waals surface area contributed by atoms with E-state index in [-0.39, 0.29) is 0 Å². The van der Waals surface area contributed by atoms with Gasteiger partial charge in [0.2, 0.25) is 0 Å². The molecule has 0 fully saturated rings. The lowest BCUT2D eigenvalue weighted by atomic mass is 9.75. The molecule has 0 saturated carbocycles. The number of hydrogen-bond donors (Lipinski definition) is 1. The first-order chi connectivity index (χ1) is 7.65. The molecule has 3 heteroatoms. The smallest absolute Gasteiger partial charge is 0.139 e. The van der Waals surface area contributed by atoms with E-state index < -0.39 is 0 Å². The largest absolute Gasteiger partial charge is 0.356 e. The molecule has 2 rings (SSSR count). The van der Waals surface area contributed by atoms with Crippen molar-refractivity contribution in [2.45, 2.75) is 12.7 Å². The number of anilines is 1. The molecule has 1 aliphatic rings. The quantitative estimate of drug-likeness (QED) is 0.712. The molecule has 0 heterocycles.